The van der Waals surface area contributed by atoms with E-state index in [9.17, 15) is 9.90 Å². The number of benzene rings is 3. The Morgan fingerprint density at radius 3 is 1.16 bits per heavy atom. The number of hydrogen-bond acceptors (Lipinski definition) is 2. The summed E-state index contributed by atoms with van der Waals surface area (Å²) < 4.78 is 0. The van der Waals surface area contributed by atoms with Crippen LogP contribution >= 0.6 is 0 Å². The Labute approximate surface area is 232 Å². The van der Waals surface area contributed by atoms with Crippen molar-refractivity contribution in [2.24, 2.45) is 23.2 Å². The van der Waals surface area contributed by atoms with Crippen LogP contribution in [0, 0.1) is 23.2 Å². The van der Waals surface area contributed by atoms with Gasteiger partial charge in [-0.15, -0.1) is 0 Å². The van der Waals surface area contributed by atoms with Gasteiger partial charge in [0.15, 0.2) is 14.7 Å². The molecule has 3 heteroatoms. The highest BCUT2D eigenvalue weighted by Gasteiger charge is 2.51. The van der Waals surface area contributed by atoms with E-state index in [2.05, 4.69) is 93.6 Å². The average Bonchev–Trinajstić information content (AvgIpc) is 2.94. The van der Waals surface area contributed by atoms with Crippen LogP contribution in [0.25, 0.3) is 0 Å². The molecule has 4 fully saturated rings. The SMILES string of the molecule is CCc1ccc([S+](c2ccc(CC)cc2)c2ccc(CC)cc2)cc1.O=C([O-])C12CC3CC(CC(C3)C1)C2. The Morgan fingerprint density at radius 2 is 0.921 bits per heavy atom. The Morgan fingerprint density at radius 1 is 0.632 bits per heavy atom. The number of carbonyl (C=O) groups is 1. The van der Waals surface area contributed by atoms with Crippen molar-refractivity contribution in [3.05, 3.63) is 89.5 Å². The molecule has 0 heterocycles. The lowest BCUT2D eigenvalue weighted by molar-refractivity contribution is -0.327. The van der Waals surface area contributed by atoms with Crippen LogP contribution in [0.1, 0.15) is 76.0 Å². The summed E-state index contributed by atoms with van der Waals surface area (Å²) in [5, 5.41) is 11.1. The van der Waals surface area contributed by atoms with E-state index in [1.807, 2.05) is 0 Å². The molecule has 3 aromatic rings. The lowest BCUT2D eigenvalue weighted by atomic mass is 9.49. The fourth-order valence-electron chi connectivity index (χ4n) is 7.35. The highest BCUT2D eigenvalue weighted by Crippen LogP contribution is 2.59. The average molecular weight is 527 g/mol. The minimum atomic E-state index is -0.758. The molecule has 38 heavy (non-hydrogen) atoms. The van der Waals surface area contributed by atoms with E-state index in [0.717, 1.165) is 38.5 Å². The molecular formula is C35H42O2S. The van der Waals surface area contributed by atoms with Crippen molar-refractivity contribution in [3.8, 4) is 0 Å². The van der Waals surface area contributed by atoms with Crippen LogP contribution in [0.2, 0.25) is 0 Å². The minimum absolute atomic E-state index is 0.0454. The second-order valence-electron chi connectivity index (χ2n) is 11.8. The maximum Gasteiger partial charge on any atom is 0.166 e. The van der Waals surface area contributed by atoms with E-state index in [4.69, 9.17) is 0 Å². The summed E-state index contributed by atoms with van der Waals surface area (Å²) in [6.07, 6.45) is 9.91. The fourth-order valence-corrected chi connectivity index (χ4v) is 9.39. The Balaban J connectivity index is 0.000000187. The number of carboxylic acid groups (broad SMARTS) is 1. The number of carboxylic acids is 1. The fraction of sp³-hybridized carbons (Fsp3) is 0.457. The lowest BCUT2D eigenvalue weighted by Gasteiger charge is -2.57. The van der Waals surface area contributed by atoms with Crippen molar-refractivity contribution in [1.29, 1.82) is 0 Å². The molecule has 4 saturated carbocycles. The van der Waals surface area contributed by atoms with E-state index in [0.29, 0.717) is 17.8 Å². The monoisotopic (exact) mass is 526 g/mol. The van der Waals surface area contributed by atoms with Gasteiger partial charge in [0.05, 0.1) is 10.9 Å². The highest BCUT2D eigenvalue weighted by atomic mass is 32.2. The van der Waals surface area contributed by atoms with E-state index in [-0.39, 0.29) is 10.9 Å². The predicted molar refractivity (Wildman–Crippen MR) is 155 cm³/mol. The molecule has 0 N–H and O–H groups in total. The first-order valence-electron chi connectivity index (χ1n) is 14.7. The van der Waals surface area contributed by atoms with Gasteiger partial charge in [0.1, 0.15) is 0 Å². The molecule has 0 saturated heterocycles. The summed E-state index contributed by atoms with van der Waals surface area (Å²) in [4.78, 5) is 15.3. The Bertz CT molecular complexity index is 1060. The molecule has 4 aliphatic carbocycles. The third-order valence-electron chi connectivity index (χ3n) is 9.17. The first-order valence-corrected chi connectivity index (χ1v) is 15.9. The lowest BCUT2D eigenvalue weighted by Crippen LogP contribution is -2.54. The van der Waals surface area contributed by atoms with Gasteiger partial charge >= 0.3 is 0 Å². The van der Waals surface area contributed by atoms with Gasteiger partial charge < -0.3 is 9.90 Å². The van der Waals surface area contributed by atoms with E-state index >= 15 is 0 Å². The van der Waals surface area contributed by atoms with Crippen molar-refractivity contribution < 1.29 is 9.90 Å². The largest absolute Gasteiger partial charge is 0.550 e. The quantitative estimate of drug-likeness (QED) is 0.301. The molecule has 4 bridgehead atoms. The van der Waals surface area contributed by atoms with Gasteiger partial charge in [0, 0.05) is 11.4 Å². The van der Waals surface area contributed by atoms with E-state index in [1.165, 1.54) is 50.6 Å². The molecule has 0 amide bonds. The van der Waals surface area contributed by atoms with Gasteiger partial charge in [-0.25, -0.2) is 0 Å². The van der Waals surface area contributed by atoms with Gasteiger partial charge in [0.25, 0.3) is 0 Å². The molecule has 4 aliphatic rings. The molecule has 0 aromatic heterocycles. The van der Waals surface area contributed by atoms with Crippen LogP contribution < -0.4 is 5.11 Å². The van der Waals surface area contributed by atoms with Crippen LogP contribution in [0.5, 0.6) is 0 Å². The Kier molecular flexibility index (Phi) is 8.33. The molecule has 0 atom stereocenters. The van der Waals surface area contributed by atoms with Crippen molar-refractivity contribution in [1.82, 2.24) is 0 Å². The summed E-state index contributed by atoms with van der Waals surface area (Å²) in [5.41, 5.74) is 3.80. The molecule has 0 radical (unpaired) electrons. The maximum absolute atomic E-state index is 11.1. The summed E-state index contributed by atoms with van der Waals surface area (Å²) in [5.74, 6) is 1.38. The number of carbonyl (C=O) groups excluding carboxylic acids is 1. The van der Waals surface area contributed by atoms with Crippen LogP contribution in [-0.2, 0) is 35.0 Å². The second-order valence-corrected chi connectivity index (χ2v) is 13.8. The number of aryl methyl sites for hydroxylation is 3. The number of aliphatic carboxylic acids is 1. The molecule has 3 aromatic carbocycles. The summed E-state index contributed by atoms with van der Waals surface area (Å²) >= 11 is 0. The van der Waals surface area contributed by atoms with Gasteiger partial charge in [-0.2, -0.15) is 0 Å². The molecule has 7 rings (SSSR count). The van der Waals surface area contributed by atoms with Gasteiger partial charge in [0.2, 0.25) is 0 Å². The number of rotatable bonds is 7. The van der Waals surface area contributed by atoms with Crippen LogP contribution in [0.15, 0.2) is 87.5 Å². The zero-order chi connectivity index (χ0) is 26.7. The van der Waals surface area contributed by atoms with Crippen LogP contribution in [0.4, 0.5) is 0 Å². The third kappa shape index (κ3) is 5.73. The maximum atomic E-state index is 11.1. The topological polar surface area (TPSA) is 40.1 Å². The standard InChI is InChI=1S/C24H27S.C11H16O2/c1-4-19-7-13-22(14-8-19)25(23-15-9-20(5-2)10-16-23)24-17-11-21(6-3)12-18-24;12-10(13)11-4-7-1-8(5-11)3-9(2-7)6-11/h7-18H,4-6H2,1-3H3;7-9H,1-6H2,(H,12,13)/q+1;/p-1. The summed E-state index contributed by atoms with van der Waals surface area (Å²) in [7, 11) is -0.0454. The van der Waals surface area contributed by atoms with Gasteiger partial charge in [-0.3, -0.25) is 0 Å². The van der Waals surface area contributed by atoms with Crippen molar-refractivity contribution in [3.63, 3.8) is 0 Å². The summed E-state index contributed by atoms with van der Waals surface area (Å²) in [6, 6.07) is 27.5. The normalized spacial score (nSPS) is 25.2. The molecule has 0 unspecified atom stereocenters. The van der Waals surface area contributed by atoms with Gasteiger partial charge in [-0.05, 0) is 129 Å². The van der Waals surface area contributed by atoms with Crippen molar-refractivity contribution >= 4 is 16.9 Å². The number of hydrogen-bond donors (Lipinski definition) is 0. The summed E-state index contributed by atoms with van der Waals surface area (Å²) in [6.45, 7) is 6.63. The minimum Gasteiger partial charge on any atom is -0.550 e. The smallest absolute Gasteiger partial charge is 0.166 e. The van der Waals surface area contributed by atoms with Crippen LogP contribution in [0.3, 0.4) is 0 Å². The second kappa shape index (κ2) is 11.7. The first kappa shape index (κ1) is 27.1. The van der Waals surface area contributed by atoms with E-state index in [1.54, 1.807) is 0 Å². The molecular weight excluding hydrogens is 484 g/mol. The predicted octanol–water partition coefficient (Wildman–Crippen LogP) is 7.42. The van der Waals surface area contributed by atoms with Crippen molar-refractivity contribution in [2.45, 2.75) is 93.2 Å². The molecule has 0 aliphatic heterocycles. The zero-order valence-electron chi connectivity index (χ0n) is 23.2. The highest BCUT2D eigenvalue weighted by molar-refractivity contribution is 7.97. The molecule has 0 spiro atoms. The third-order valence-corrected chi connectivity index (χ3v) is 11.4. The first-order chi connectivity index (χ1) is 18.4. The Hall–Kier alpha value is -2.52. The molecule has 2 nitrogen and oxygen atoms in total. The van der Waals surface area contributed by atoms with Crippen molar-refractivity contribution in [2.75, 3.05) is 0 Å². The molecule has 200 valence electrons. The van der Waals surface area contributed by atoms with E-state index < -0.39 is 11.4 Å². The zero-order valence-corrected chi connectivity index (χ0v) is 24.1. The van der Waals surface area contributed by atoms with Gasteiger partial charge in [-0.1, -0.05) is 57.2 Å². The van der Waals surface area contributed by atoms with Crippen LogP contribution in [-0.4, -0.2) is 5.97 Å².